The first kappa shape index (κ1) is 31.8. The van der Waals surface area contributed by atoms with E-state index in [2.05, 4.69) is 40.2 Å². The summed E-state index contributed by atoms with van der Waals surface area (Å²) in [6, 6.07) is 15.4. The van der Waals surface area contributed by atoms with Gasteiger partial charge in [-0.25, -0.2) is 14.4 Å². The van der Waals surface area contributed by atoms with Gasteiger partial charge in [0.2, 0.25) is 5.91 Å². The van der Waals surface area contributed by atoms with Crippen molar-refractivity contribution in [2.75, 3.05) is 20.3 Å². The molecule has 0 saturated heterocycles. The Bertz CT molecular complexity index is 1270. The summed E-state index contributed by atoms with van der Waals surface area (Å²) in [6.07, 6.45) is 2.67. The van der Waals surface area contributed by atoms with Crippen molar-refractivity contribution in [3.05, 3.63) is 59.7 Å². The minimum absolute atomic E-state index is 0.0236. The topological polar surface area (TPSA) is 132 Å². The highest BCUT2D eigenvalue weighted by molar-refractivity contribution is 5.92. The maximum Gasteiger partial charge on any atom is 0.408 e. The molecule has 1 atom stereocenters. The fraction of sp³-hybridized carbons (Fsp3) is 0.515. The first-order valence-corrected chi connectivity index (χ1v) is 15.0. The van der Waals surface area contributed by atoms with Gasteiger partial charge in [-0.2, -0.15) is 0 Å². The number of fused-ring (bicyclic) bond motifs is 3. The number of carbonyl (C=O) groups is 4. The van der Waals surface area contributed by atoms with E-state index in [1.54, 1.807) is 20.8 Å². The van der Waals surface area contributed by atoms with Crippen LogP contribution in [0.15, 0.2) is 48.5 Å². The number of benzene rings is 2. The molecule has 2 aromatic rings. The first-order chi connectivity index (χ1) is 20.5. The fourth-order valence-electron chi connectivity index (χ4n) is 5.91. The second-order valence-corrected chi connectivity index (χ2v) is 12.2. The van der Waals surface area contributed by atoms with Crippen LogP contribution in [0.5, 0.6) is 0 Å². The Morgan fingerprint density at radius 1 is 0.907 bits per heavy atom. The van der Waals surface area contributed by atoms with Crippen LogP contribution in [0.4, 0.5) is 9.59 Å². The van der Waals surface area contributed by atoms with Crippen LogP contribution in [0, 0.1) is 0 Å². The minimum Gasteiger partial charge on any atom is -0.467 e. The number of unbranched alkanes of at least 4 members (excludes halogenated alkanes) is 1. The number of nitrogens with one attached hydrogen (secondary N) is 3. The van der Waals surface area contributed by atoms with E-state index >= 15 is 0 Å². The largest absolute Gasteiger partial charge is 0.467 e. The van der Waals surface area contributed by atoms with E-state index in [0.29, 0.717) is 32.2 Å². The van der Waals surface area contributed by atoms with Crippen LogP contribution in [-0.2, 0) is 23.8 Å². The number of alkyl carbamates (subject to hydrolysis) is 2. The van der Waals surface area contributed by atoms with E-state index in [1.807, 2.05) is 24.3 Å². The van der Waals surface area contributed by atoms with E-state index in [1.165, 1.54) is 7.11 Å². The summed E-state index contributed by atoms with van der Waals surface area (Å²) in [4.78, 5) is 50.9. The number of hydrogen-bond donors (Lipinski definition) is 3. The molecule has 10 nitrogen and oxygen atoms in total. The van der Waals surface area contributed by atoms with Gasteiger partial charge in [0.1, 0.15) is 23.8 Å². The molecule has 1 saturated carbocycles. The Hall–Kier alpha value is -4.08. The molecule has 2 aromatic carbocycles. The van der Waals surface area contributed by atoms with Crippen molar-refractivity contribution in [2.24, 2.45) is 0 Å². The molecule has 1 fully saturated rings. The van der Waals surface area contributed by atoms with Gasteiger partial charge >= 0.3 is 18.2 Å². The zero-order valence-corrected chi connectivity index (χ0v) is 25.5. The van der Waals surface area contributed by atoms with Crippen molar-refractivity contribution < 1.29 is 33.4 Å². The zero-order chi connectivity index (χ0) is 31.0. The lowest BCUT2D eigenvalue weighted by Gasteiger charge is -2.30. The van der Waals surface area contributed by atoms with Gasteiger partial charge in [0.05, 0.1) is 7.11 Å². The fourth-order valence-corrected chi connectivity index (χ4v) is 5.91. The zero-order valence-electron chi connectivity index (χ0n) is 25.5. The van der Waals surface area contributed by atoms with E-state index in [0.717, 1.165) is 35.1 Å². The number of esters is 1. The molecule has 10 heteroatoms. The average molecular weight is 594 g/mol. The van der Waals surface area contributed by atoms with Gasteiger partial charge in [-0.15, -0.1) is 0 Å². The summed E-state index contributed by atoms with van der Waals surface area (Å²) in [5.41, 5.74) is 2.78. The maximum absolute atomic E-state index is 13.3. The molecule has 1 unspecified atom stereocenters. The molecule has 0 radical (unpaired) electrons. The molecule has 2 aliphatic carbocycles. The molecule has 0 aromatic heterocycles. The predicted octanol–water partition coefficient (Wildman–Crippen LogP) is 5.19. The second-order valence-electron chi connectivity index (χ2n) is 12.2. The van der Waals surface area contributed by atoms with Crippen molar-refractivity contribution in [1.82, 2.24) is 16.0 Å². The van der Waals surface area contributed by atoms with Gasteiger partial charge < -0.3 is 30.2 Å². The molecule has 2 aliphatic rings. The molecule has 0 spiro atoms. The van der Waals surface area contributed by atoms with Crippen LogP contribution in [0.1, 0.15) is 82.8 Å². The summed E-state index contributed by atoms with van der Waals surface area (Å²) in [5.74, 6) is -0.978. The van der Waals surface area contributed by atoms with Gasteiger partial charge in [0.15, 0.2) is 0 Å². The van der Waals surface area contributed by atoms with E-state index in [-0.39, 0.29) is 18.9 Å². The normalized spacial score (nSPS) is 15.9. The highest BCUT2D eigenvalue weighted by Gasteiger charge is 2.44. The molecule has 0 bridgehead atoms. The van der Waals surface area contributed by atoms with Crippen LogP contribution in [0.2, 0.25) is 0 Å². The predicted molar refractivity (Wildman–Crippen MR) is 161 cm³/mol. The molecule has 3 amide bonds. The monoisotopic (exact) mass is 593 g/mol. The van der Waals surface area contributed by atoms with Crippen LogP contribution in [-0.4, -0.2) is 61.5 Å². The van der Waals surface area contributed by atoms with Gasteiger partial charge in [-0.05, 0) is 75.1 Å². The third-order valence-electron chi connectivity index (χ3n) is 7.94. The van der Waals surface area contributed by atoms with Crippen LogP contribution >= 0.6 is 0 Å². The van der Waals surface area contributed by atoms with Gasteiger partial charge in [0.25, 0.3) is 0 Å². The van der Waals surface area contributed by atoms with Crippen molar-refractivity contribution in [2.45, 2.75) is 88.8 Å². The number of methoxy groups -OCH3 is 1. The highest BCUT2D eigenvalue weighted by Crippen LogP contribution is 2.44. The Balaban J connectivity index is 1.27. The average Bonchev–Trinajstić information content (AvgIpc) is 3.57. The summed E-state index contributed by atoms with van der Waals surface area (Å²) in [7, 11) is 1.30. The Morgan fingerprint density at radius 2 is 1.51 bits per heavy atom. The minimum atomic E-state index is -1.09. The molecular weight excluding hydrogens is 550 g/mol. The summed E-state index contributed by atoms with van der Waals surface area (Å²) in [6.45, 7) is 5.78. The smallest absolute Gasteiger partial charge is 0.408 e. The summed E-state index contributed by atoms with van der Waals surface area (Å²) in [5, 5.41) is 8.29. The number of amides is 3. The Kier molecular flexibility index (Phi) is 10.3. The van der Waals surface area contributed by atoms with E-state index in [9.17, 15) is 19.2 Å². The lowest BCUT2D eigenvalue weighted by molar-refractivity contribution is -0.151. The number of hydrogen-bond acceptors (Lipinski definition) is 7. The first-order valence-electron chi connectivity index (χ1n) is 15.0. The van der Waals surface area contributed by atoms with Gasteiger partial charge in [0, 0.05) is 12.5 Å². The van der Waals surface area contributed by atoms with E-state index in [4.69, 9.17) is 14.2 Å². The van der Waals surface area contributed by atoms with Crippen molar-refractivity contribution in [3.63, 3.8) is 0 Å². The third kappa shape index (κ3) is 8.06. The molecular formula is C33H43N3O7. The van der Waals surface area contributed by atoms with Gasteiger partial charge in [-0.3, -0.25) is 4.79 Å². The van der Waals surface area contributed by atoms with Gasteiger partial charge in [-0.1, -0.05) is 61.4 Å². The Morgan fingerprint density at radius 3 is 2.09 bits per heavy atom. The third-order valence-corrected chi connectivity index (χ3v) is 7.94. The van der Waals surface area contributed by atoms with Crippen molar-refractivity contribution >= 4 is 24.1 Å². The van der Waals surface area contributed by atoms with Crippen LogP contribution in [0.3, 0.4) is 0 Å². The molecule has 43 heavy (non-hydrogen) atoms. The molecule has 232 valence electrons. The molecule has 0 heterocycles. The SMILES string of the molecule is COC(=O)C1(NC(=O)C(CCCCNC(=O)OCC2c3ccccc3-c3ccccc32)NC(=O)OC(C)(C)C)CCCC1. The molecule has 4 rings (SSSR count). The molecule has 3 N–H and O–H groups in total. The summed E-state index contributed by atoms with van der Waals surface area (Å²) >= 11 is 0. The summed E-state index contributed by atoms with van der Waals surface area (Å²) < 4.78 is 15.9. The van der Waals surface area contributed by atoms with Crippen LogP contribution in [0.25, 0.3) is 11.1 Å². The maximum atomic E-state index is 13.3. The Labute approximate surface area is 253 Å². The molecule has 0 aliphatic heterocycles. The number of ether oxygens (including phenoxy) is 3. The standard InChI is InChI=1S/C33H43N3O7/c1-32(2,3)43-31(40)35-27(28(37)36-33(29(38)41-4)18-10-11-19-33)17-9-12-20-34-30(39)42-21-26-24-15-7-5-13-22(24)23-14-6-8-16-25(23)26/h5-8,13-16,26-27H,9-12,17-21H2,1-4H3,(H,34,39)(H,35,40)(H,36,37). The number of rotatable bonds is 11. The van der Waals surface area contributed by atoms with E-state index < -0.39 is 41.2 Å². The number of carbonyl (C=O) groups excluding carboxylic acids is 4. The van der Waals surface area contributed by atoms with Crippen LogP contribution < -0.4 is 16.0 Å². The lowest BCUT2D eigenvalue weighted by Crippen LogP contribution is -2.58. The lowest BCUT2D eigenvalue weighted by atomic mass is 9.96. The second kappa shape index (κ2) is 13.9. The van der Waals surface area contributed by atoms with Crippen molar-refractivity contribution in [1.29, 1.82) is 0 Å². The highest BCUT2D eigenvalue weighted by atomic mass is 16.6. The quantitative estimate of drug-likeness (QED) is 0.186. The van der Waals surface area contributed by atoms with Crippen molar-refractivity contribution in [3.8, 4) is 11.1 Å².